The van der Waals surface area contributed by atoms with Crippen molar-refractivity contribution in [2.45, 2.75) is 49.5 Å². The van der Waals surface area contributed by atoms with Gasteiger partial charge in [0.2, 0.25) is 0 Å². The van der Waals surface area contributed by atoms with Crippen LogP contribution in [0.2, 0.25) is 0 Å². The lowest BCUT2D eigenvalue weighted by Gasteiger charge is -2.16. The molecule has 0 bridgehead atoms. The Bertz CT molecular complexity index is 477. The summed E-state index contributed by atoms with van der Waals surface area (Å²) in [6.45, 7) is 0. The molecule has 1 N–H and O–H groups in total. The van der Waals surface area contributed by atoms with E-state index >= 15 is 0 Å². The third-order valence-corrected chi connectivity index (χ3v) is 4.86. The quantitative estimate of drug-likeness (QED) is 0.475. The molecule has 4 heteroatoms. The summed E-state index contributed by atoms with van der Waals surface area (Å²) in [4.78, 5) is 0. The largest absolute Gasteiger partial charge is 0.468 e. The first-order valence-electron chi connectivity index (χ1n) is 7.55. The average Bonchev–Trinajstić information content (AvgIpc) is 3.00. The molecule has 0 saturated carbocycles. The number of thioether (sulfide) groups is 1. The molecule has 0 fully saturated rings. The van der Waals surface area contributed by atoms with Gasteiger partial charge in [0.1, 0.15) is 5.76 Å². The van der Waals surface area contributed by atoms with E-state index in [0.717, 1.165) is 55.7 Å². The van der Waals surface area contributed by atoms with Crippen LogP contribution in [0, 0.1) is 0 Å². The lowest BCUT2D eigenvalue weighted by atomic mass is 10.1. The van der Waals surface area contributed by atoms with Gasteiger partial charge in [0.15, 0.2) is 0 Å². The average molecular weight is 305 g/mol. The summed E-state index contributed by atoms with van der Waals surface area (Å²) in [7, 11) is 0. The van der Waals surface area contributed by atoms with Crippen LogP contribution < -0.4 is 0 Å². The Hall–Kier alpha value is -1.42. The van der Waals surface area contributed by atoms with Gasteiger partial charge < -0.3 is 9.62 Å². The van der Waals surface area contributed by atoms with Crippen molar-refractivity contribution in [3.8, 4) is 0 Å². The lowest BCUT2D eigenvalue weighted by Crippen LogP contribution is -2.17. The zero-order chi connectivity index (χ0) is 14.8. The van der Waals surface area contributed by atoms with E-state index in [1.807, 2.05) is 12.1 Å². The van der Waals surface area contributed by atoms with Crippen LogP contribution >= 0.6 is 11.8 Å². The maximum absolute atomic E-state index is 9.33. The number of rotatable bonds is 3. The van der Waals surface area contributed by atoms with Crippen molar-refractivity contribution in [2.24, 2.45) is 5.16 Å². The molecule has 21 heavy (non-hydrogen) atoms. The monoisotopic (exact) mass is 305 g/mol. The predicted octanol–water partition coefficient (Wildman–Crippen LogP) is 5.18. The van der Waals surface area contributed by atoms with Crippen molar-refractivity contribution < 1.29 is 9.62 Å². The van der Waals surface area contributed by atoms with E-state index in [2.05, 4.69) is 29.5 Å². The highest BCUT2D eigenvalue weighted by atomic mass is 32.2. The van der Waals surface area contributed by atoms with Crippen molar-refractivity contribution in [1.82, 2.24) is 0 Å². The summed E-state index contributed by atoms with van der Waals surface area (Å²) in [5.41, 5.74) is 0.894. The Morgan fingerprint density at radius 1 is 1.14 bits per heavy atom. The highest BCUT2D eigenvalue weighted by molar-refractivity contribution is 7.99. The SMILES string of the molecule is O/N=C1\CC/C=C/CC/C=C/CCC1SCc1ccco1. The molecule has 0 amide bonds. The zero-order valence-corrected chi connectivity index (χ0v) is 13.1. The van der Waals surface area contributed by atoms with Gasteiger partial charge in [-0.2, -0.15) is 0 Å². The normalized spacial score (nSPS) is 25.9. The summed E-state index contributed by atoms with van der Waals surface area (Å²) in [6.07, 6.45) is 16.6. The standard InChI is InChI=1S/C17H23NO2S/c19-18-16-11-7-5-3-1-2-4-6-8-12-17(16)21-14-15-10-9-13-20-15/h3-6,9-10,13,17,19H,1-2,7-8,11-12,14H2/b5-3+,6-4+,18-16+. The highest BCUT2D eigenvalue weighted by Crippen LogP contribution is 2.25. The second-order valence-electron chi connectivity index (χ2n) is 5.11. The number of hydrogen-bond donors (Lipinski definition) is 1. The highest BCUT2D eigenvalue weighted by Gasteiger charge is 2.17. The van der Waals surface area contributed by atoms with Crippen LogP contribution in [0.3, 0.4) is 0 Å². The number of allylic oxidation sites excluding steroid dienone is 4. The van der Waals surface area contributed by atoms with Gasteiger partial charge in [-0.05, 0) is 50.7 Å². The molecule has 2 rings (SSSR count). The molecule has 1 atom stereocenters. The second kappa shape index (κ2) is 9.50. The van der Waals surface area contributed by atoms with E-state index in [0.29, 0.717) is 0 Å². The van der Waals surface area contributed by atoms with Crippen LogP contribution in [0.4, 0.5) is 0 Å². The van der Waals surface area contributed by atoms with Crippen LogP contribution in [-0.4, -0.2) is 16.2 Å². The van der Waals surface area contributed by atoms with Crippen LogP contribution in [0.25, 0.3) is 0 Å². The lowest BCUT2D eigenvalue weighted by molar-refractivity contribution is 0.316. The molecule has 1 aromatic heterocycles. The molecule has 1 unspecified atom stereocenters. The fourth-order valence-corrected chi connectivity index (χ4v) is 3.53. The van der Waals surface area contributed by atoms with E-state index in [1.54, 1.807) is 18.0 Å². The van der Waals surface area contributed by atoms with Crippen molar-refractivity contribution >= 4 is 17.5 Å². The fraction of sp³-hybridized carbons (Fsp3) is 0.471. The third-order valence-electron chi connectivity index (χ3n) is 3.50. The molecule has 1 aliphatic carbocycles. The van der Waals surface area contributed by atoms with Gasteiger partial charge in [-0.15, -0.1) is 11.8 Å². The molecule has 0 aromatic carbocycles. The maximum Gasteiger partial charge on any atom is 0.113 e. The molecule has 0 spiro atoms. The van der Waals surface area contributed by atoms with Crippen LogP contribution in [-0.2, 0) is 5.75 Å². The van der Waals surface area contributed by atoms with Crippen LogP contribution in [0.1, 0.15) is 44.3 Å². The molecule has 0 saturated heterocycles. The molecule has 1 heterocycles. The Balaban J connectivity index is 1.97. The Kier molecular flexibility index (Phi) is 7.22. The van der Waals surface area contributed by atoms with Crippen molar-refractivity contribution in [3.63, 3.8) is 0 Å². The molecule has 0 radical (unpaired) electrons. The van der Waals surface area contributed by atoms with E-state index in [4.69, 9.17) is 4.42 Å². The van der Waals surface area contributed by atoms with Crippen molar-refractivity contribution in [1.29, 1.82) is 0 Å². The van der Waals surface area contributed by atoms with Gasteiger partial charge in [0.25, 0.3) is 0 Å². The summed E-state index contributed by atoms with van der Waals surface area (Å²) < 4.78 is 5.38. The minimum atomic E-state index is 0.248. The molecular formula is C17H23NO2S. The minimum Gasteiger partial charge on any atom is -0.468 e. The van der Waals surface area contributed by atoms with Crippen molar-refractivity contribution in [2.75, 3.05) is 0 Å². The molecule has 3 nitrogen and oxygen atoms in total. The predicted molar refractivity (Wildman–Crippen MR) is 89.0 cm³/mol. The Morgan fingerprint density at radius 2 is 1.90 bits per heavy atom. The minimum absolute atomic E-state index is 0.248. The first-order chi connectivity index (χ1) is 10.4. The molecule has 1 aliphatic rings. The van der Waals surface area contributed by atoms with Crippen molar-refractivity contribution in [3.05, 3.63) is 48.5 Å². The summed E-state index contributed by atoms with van der Waals surface area (Å²) in [6, 6.07) is 3.90. The number of nitrogens with zero attached hydrogens (tertiary/aromatic N) is 1. The Labute approximate surface area is 130 Å². The summed E-state index contributed by atoms with van der Waals surface area (Å²) in [5.74, 6) is 1.79. The topological polar surface area (TPSA) is 45.7 Å². The summed E-state index contributed by atoms with van der Waals surface area (Å²) in [5, 5.41) is 13.1. The fourth-order valence-electron chi connectivity index (χ4n) is 2.34. The van der Waals surface area contributed by atoms with Gasteiger partial charge in [0, 0.05) is 5.25 Å². The Morgan fingerprint density at radius 3 is 2.62 bits per heavy atom. The first-order valence-corrected chi connectivity index (χ1v) is 8.60. The van der Waals surface area contributed by atoms with Crippen LogP contribution in [0.5, 0.6) is 0 Å². The van der Waals surface area contributed by atoms with Gasteiger partial charge >= 0.3 is 0 Å². The summed E-state index contributed by atoms with van der Waals surface area (Å²) >= 11 is 1.80. The number of hydrogen-bond acceptors (Lipinski definition) is 4. The van der Waals surface area contributed by atoms with Gasteiger partial charge in [-0.3, -0.25) is 0 Å². The molecule has 0 aliphatic heterocycles. The van der Waals surface area contributed by atoms with Gasteiger partial charge in [-0.25, -0.2) is 0 Å². The zero-order valence-electron chi connectivity index (χ0n) is 12.3. The van der Waals surface area contributed by atoms with E-state index in [-0.39, 0.29) is 5.25 Å². The first kappa shape index (κ1) is 16.0. The molecule has 114 valence electrons. The smallest absolute Gasteiger partial charge is 0.113 e. The maximum atomic E-state index is 9.33. The van der Waals surface area contributed by atoms with Gasteiger partial charge in [-0.1, -0.05) is 29.5 Å². The van der Waals surface area contributed by atoms with E-state index in [1.165, 1.54) is 0 Å². The van der Waals surface area contributed by atoms with Crippen LogP contribution in [0.15, 0.2) is 52.3 Å². The second-order valence-corrected chi connectivity index (χ2v) is 6.30. The third kappa shape index (κ3) is 5.84. The van der Waals surface area contributed by atoms with E-state index in [9.17, 15) is 5.21 Å². The number of oxime groups is 1. The number of furan rings is 1. The molecular weight excluding hydrogens is 282 g/mol. The van der Waals surface area contributed by atoms with E-state index < -0.39 is 0 Å². The molecule has 1 aromatic rings. The van der Waals surface area contributed by atoms with Gasteiger partial charge in [0.05, 0.1) is 17.7 Å².